The van der Waals surface area contributed by atoms with Gasteiger partial charge in [0.2, 0.25) is 0 Å². The Kier molecular flexibility index (Phi) is 6.47. The van der Waals surface area contributed by atoms with Crippen LogP contribution < -0.4 is 10.1 Å². The van der Waals surface area contributed by atoms with Crippen LogP contribution in [0.3, 0.4) is 0 Å². The molecule has 0 aliphatic heterocycles. The molecule has 0 aliphatic rings. The summed E-state index contributed by atoms with van der Waals surface area (Å²) >= 11 is 0. The highest BCUT2D eigenvalue weighted by atomic mass is 19.1. The van der Waals surface area contributed by atoms with Crippen LogP contribution in [-0.4, -0.2) is 19.7 Å². The Morgan fingerprint density at radius 1 is 1.30 bits per heavy atom. The summed E-state index contributed by atoms with van der Waals surface area (Å²) in [5.74, 6) is 0.0398. The summed E-state index contributed by atoms with van der Waals surface area (Å²) in [4.78, 5) is 0. The van der Waals surface area contributed by atoms with Gasteiger partial charge in [-0.3, -0.25) is 0 Å². The zero-order valence-corrected chi connectivity index (χ0v) is 13.4. The van der Waals surface area contributed by atoms with Crippen molar-refractivity contribution in [2.75, 3.05) is 13.7 Å². The molecular weight excluding hydrogens is 253 g/mol. The van der Waals surface area contributed by atoms with Crippen molar-refractivity contribution in [1.29, 1.82) is 0 Å². The fraction of sp³-hybridized carbons (Fsp3) is 0.647. The minimum Gasteiger partial charge on any atom is -0.494 e. The first-order valence-corrected chi connectivity index (χ1v) is 7.44. The van der Waals surface area contributed by atoms with E-state index >= 15 is 0 Å². The summed E-state index contributed by atoms with van der Waals surface area (Å²) in [6.07, 6.45) is 3.06. The largest absolute Gasteiger partial charge is 0.494 e. The quantitative estimate of drug-likeness (QED) is 0.809. The summed E-state index contributed by atoms with van der Waals surface area (Å²) in [6, 6.07) is 5.73. The molecule has 2 nitrogen and oxygen atoms in total. The Labute approximate surface area is 122 Å². The van der Waals surface area contributed by atoms with Crippen molar-refractivity contribution >= 4 is 0 Å². The van der Waals surface area contributed by atoms with Crippen LogP contribution in [-0.2, 0) is 6.42 Å². The van der Waals surface area contributed by atoms with Gasteiger partial charge in [0.15, 0.2) is 11.6 Å². The smallest absolute Gasteiger partial charge is 0.165 e. The topological polar surface area (TPSA) is 21.3 Å². The fourth-order valence-corrected chi connectivity index (χ4v) is 2.46. The first kappa shape index (κ1) is 17.0. The molecule has 114 valence electrons. The molecule has 1 rings (SSSR count). The van der Waals surface area contributed by atoms with Crippen molar-refractivity contribution in [3.05, 3.63) is 29.6 Å². The summed E-state index contributed by atoms with van der Waals surface area (Å²) in [6.45, 7) is 9.89. The van der Waals surface area contributed by atoms with E-state index in [0.717, 1.165) is 31.4 Å². The second-order valence-corrected chi connectivity index (χ2v) is 6.34. The van der Waals surface area contributed by atoms with Crippen LogP contribution in [0.25, 0.3) is 0 Å². The Balaban J connectivity index is 2.52. The number of nitrogens with one attached hydrogen (secondary N) is 1. The van der Waals surface area contributed by atoms with E-state index < -0.39 is 0 Å². The Morgan fingerprint density at radius 2 is 2.00 bits per heavy atom. The van der Waals surface area contributed by atoms with Gasteiger partial charge in [0.1, 0.15) is 0 Å². The van der Waals surface area contributed by atoms with Gasteiger partial charge in [0.05, 0.1) is 7.11 Å². The summed E-state index contributed by atoms with van der Waals surface area (Å²) in [7, 11) is 1.49. The highest BCUT2D eigenvalue weighted by Crippen LogP contribution is 2.24. The highest BCUT2D eigenvalue weighted by Gasteiger charge is 2.22. The molecule has 0 saturated heterocycles. The minimum atomic E-state index is -0.274. The number of ether oxygens (including phenoxy) is 1. The van der Waals surface area contributed by atoms with Crippen molar-refractivity contribution in [3.8, 4) is 5.75 Å². The molecule has 1 N–H and O–H groups in total. The lowest BCUT2D eigenvalue weighted by Crippen LogP contribution is -2.40. The van der Waals surface area contributed by atoms with Gasteiger partial charge < -0.3 is 10.1 Å². The fourth-order valence-electron chi connectivity index (χ4n) is 2.46. The van der Waals surface area contributed by atoms with Gasteiger partial charge >= 0.3 is 0 Å². The average Bonchev–Trinajstić information content (AvgIpc) is 2.37. The Bertz CT molecular complexity index is 412. The lowest BCUT2D eigenvalue weighted by molar-refractivity contribution is 0.254. The molecule has 1 aromatic rings. The van der Waals surface area contributed by atoms with Crippen LogP contribution in [0.4, 0.5) is 4.39 Å². The van der Waals surface area contributed by atoms with Crippen LogP contribution in [0, 0.1) is 11.2 Å². The number of rotatable bonds is 7. The first-order valence-electron chi connectivity index (χ1n) is 7.44. The normalized spacial score (nSPS) is 13.3. The molecule has 0 aliphatic carbocycles. The predicted molar refractivity (Wildman–Crippen MR) is 82.8 cm³/mol. The number of hydrogen-bond acceptors (Lipinski definition) is 2. The van der Waals surface area contributed by atoms with E-state index in [-0.39, 0.29) is 11.2 Å². The molecule has 0 heterocycles. The van der Waals surface area contributed by atoms with Crippen molar-refractivity contribution in [1.82, 2.24) is 5.32 Å². The van der Waals surface area contributed by atoms with Crippen LogP contribution in [0.15, 0.2) is 18.2 Å². The maximum Gasteiger partial charge on any atom is 0.165 e. The third-order valence-electron chi connectivity index (χ3n) is 3.67. The van der Waals surface area contributed by atoms with Gasteiger partial charge in [-0.05, 0) is 48.9 Å². The second kappa shape index (κ2) is 7.63. The van der Waals surface area contributed by atoms with Crippen molar-refractivity contribution < 1.29 is 9.13 Å². The Hall–Kier alpha value is -1.09. The standard InChI is InChI=1S/C17H28FNO/c1-6-19-16(17(2,3)4)9-7-8-13-10-11-15(20-5)14(18)12-13/h10-12,16,19H,6-9H2,1-5H3. The predicted octanol–water partition coefficient (Wildman–Crippen LogP) is 4.18. The van der Waals surface area contributed by atoms with E-state index in [2.05, 4.69) is 33.0 Å². The molecule has 0 fully saturated rings. The summed E-state index contributed by atoms with van der Waals surface area (Å²) in [5.41, 5.74) is 1.29. The molecular formula is C17H28FNO. The molecule has 0 amide bonds. The van der Waals surface area contributed by atoms with Gasteiger partial charge in [-0.25, -0.2) is 4.39 Å². The van der Waals surface area contributed by atoms with Gasteiger partial charge in [-0.15, -0.1) is 0 Å². The molecule has 1 atom stereocenters. The maximum absolute atomic E-state index is 13.6. The number of halogens is 1. The maximum atomic E-state index is 13.6. The van der Waals surface area contributed by atoms with E-state index in [9.17, 15) is 4.39 Å². The monoisotopic (exact) mass is 281 g/mol. The third kappa shape index (κ3) is 5.12. The SMILES string of the molecule is CCNC(CCCc1ccc(OC)c(F)c1)C(C)(C)C. The van der Waals surface area contributed by atoms with Gasteiger partial charge in [0.25, 0.3) is 0 Å². The van der Waals surface area contributed by atoms with Crippen molar-refractivity contribution in [2.24, 2.45) is 5.41 Å². The Morgan fingerprint density at radius 3 is 2.50 bits per heavy atom. The molecule has 20 heavy (non-hydrogen) atoms. The molecule has 0 saturated carbocycles. The van der Waals surface area contributed by atoms with E-state index in [0.29, 0.717) is 11.8 Å². The third-order valence-corrected chi connectivity index (χ3v) is 3.67. The number of benzene rings is 1. The van der Waals surface area contributed by atoms with Crippen molar-refractivity contribution in [3.63, 3.8) is 0 Å². The lowest BCUT2D eigenvalue weighted by atomic mass is 9.83. The van der Waals surface area contributed by atoms with Gasteiger partial charge in [-0.1, -0.05) is 33.8 Å². The van der Waals surface area contributed by atoms with Crippen LogP contribution in [0.1, 0.15) is 46.1 Å². The zero-order chi connectivity index (χ0) is 15.2. The zero-order valence-electron chi connectivity index (χ0n) is 13.4. The summed E-state index contributed by atoms with van der Waals surface area (Å²) < 4.78 is 18.5. The highest BCUT2D eigenvalue weighted by molar-refractivity contribution is 5.29. The number of aryl methyl sites for hydroxylation is 1. The van der Waals surface area contributed by atoms with E-state index in [1.807, 2.05) is 6.07 Å². The van der Waals surface area contributed by atoms with Gasteiger partial charge in [0, 0.05) is 6.04 Å². The first-order chi connectivity index (χ1) is 9.38. The molecule has 0 aromatic heterocycles. The van der Waals surface area contributed by atoms with E-state index in [1.165, 1.54) is 7.11 Å². The van der Waals surface area contributed by atoms with Crippen LogP contribution in [0.5, 0.6) is 5.75 Å². The molecule has 3 heteroatoms. The summed E-state index contributed by atoms with van der Waals surface area (Å²) in [5, 5.41) is 3.54. The van der Waals surface area contributed by atoms with E-state index in [4.69, 9.17) is 4.74 Å². The molecule has 0 spiro atoms. The molecule has 1 aromatic carbocycles. The molecule has 0 radical (unpaired) electrons. The lowest BCUT2D eigenvalue weighted by Gasteiger charge is -2.31. The molecule has 0 bridgehead atoms. The minimum absolute atomic E-state index is 0.251. The number of hydrogen-bond donors (Lipinski definition) is 1. The van der Waals surface area contributed by atoms with Crippen molar-refractivity contribution in [2.45, 2.75) is 53.0 Å². The number of methoxy groups -OCH3 is 1. The van der Waals surface area contributed by atoms with Gasteiger partial charge in [-0.2, -0.15) is 0 Å². The second-order valence-electron chi connectivity index (χ2n) is 6.34. The van der Waals surface area contributed by atoms with Crippen LogP contribution >= 0.6 is 0 Å². The van der Waals surface area contributed by atoms with E-state index in [1.54, 1.807) is 12.1 Å². The van der Waals surface area contributed by atoms with Crippen LogP contribution in [0.2, 0.25) is 0 Å². The molecule has 1 unspecified atom stereocenters. The average molecular weight is 281 g/mol.